The van der Waals surface area contributed by atoms with Gasteiger partial charge in [0.05, 0.1) is 5.75 Å². The standard InChI is InChI=1S/C18H24N2O3S2/c1-12-6-7-15(13(2)10-12)19-17(22)14(3)23-16(21)11-25-18(24)20-8-4-5-9-20/h6-7,10,14H,4-5,8-9,11H2,1-3H3,(H,19,22)/t14-/m0/s1. The van der Waals surface area contributed by atoms with E-state index in [2.05, 4.69) is 10.2 Å². The lowest BCUT2D eigenvalue weighted by Crippen LogP contribution is -2.31. The number of amides is 1. The number of aryl methyl sites for hydroxylation is 2. The summed E-state index contributed by atoms with van der Waals surface area (Å²) in [4.78, 5) is 26.2. The van der Waals surface area contributed by atoms with Gasteiger partial charge < -0.3 is 15.0 Å². The van der Waals surface area contributed by atoms with Crippen LogP contribution in [0.3, 0.4) is 0 Å². The van der Waals surface area contributed by atoms with E-state index in [4.69, 9.17) is 17.0 Å². The van der Waals surface area contributed by atoms with Gasteiger partial charge in [-0.25, -0.2) is 0 Å². The van der Waals surface area contributed by atoms with Crippen LogP contribution in [0.2, 0.25) is 0 Å². The Hall–Kier alpha value is -1.60. The number of anilines is 1. The lowest BCUT2D eigenvalue weighted by Gasteiger charge is -2.18. The highest BCUT2D eigenvalue weighted by molar-refractivity contribution is 8.23. The van der Waals surface area contributed by atoms with Crippen molar-refractivity contribution in [2.24, 2.45) is 0 Å². The van der Waals surface area contributed by atoms with E-state index < -0.39 is 12.1 Å². The maximum atomic E-state index is 12.2. The minimum Gasteiger partial charge on any atom is -0.452 e. The van der Waals surface area contributed by atoms with Gasteiger partial charge in [-0.1, -0.05) is 41.7 Å². The molecule has 1 aliphatic heterocycles. The highest BCUT2D eigenvalue weighted by Gasteiger charge is 2.20. The SMILES string of the molecule is Cc1ccc(NC(=O)[C@H](C)OC(=O)CSC(=S)N2CCCC2)c(C)c1. The smallest absolute Gasteiger partial charge is 0.317 e. The van der Waals surface area contributed by atoms with Crippen LogP contribution < -0.4 is 5.32 Å². The predicted octanol–water partition coefficient (Wildman–Crippen LogP) is 3.29. The quantitative estimate of drug-likeness (QED) is 0.625. The molecule has 0 aliphatic carbocycles. The summed E-state index contributed by atoms with van der Waals surface area (Å²) in [6.07, 6.45) is 1.43. The third-order valence-corrected chi connectivity index (χ3v) is 5.49. The minimum absolute atomic E-state index is 0.122. The number of thiocarbonyl (C=S) groups is 1. The van der Waals surface area contributed by atoms with E-state index in [0.717, 1.165) is 47.1 Å². The molecule has 0 spiro atoms. The highest BCUT2D eigenvalue weighted by Crippen LogP contribution is 2.18. The average molecular weight is 381 g/mol. The summed E-state index contributed by atoms with van der Waals surface area (Å²) < 4.78 is 5.93. The fourth-order valence-corrected chi connectivity index (χ4v) is 3.62. The van der Waals surface area contributed by atoms with Crippen LogP contribution in [0, 0.1) is 13.8 Å². The molecule has 5 nitrogen and oxygen atoms in total. The van der Waals surface area contributed by atoms with Crippen molar-refractivity contribution in [3.05, 3.63) is 29.3 Å². The number of likely N-dealkylation sites (tertiary alicyclic amines) is 1. The first kappa shape index (κ1) is 19.7. The van der Waals surface area contributed by atoms with Crippen LogP contribution in [0.5, 0.6) is 0 Å². The zero-order valence-corrected chi connectivity index (χ0v) is 16.5. The van der Waals surface area contributed by atoms with Crippen molar-refractivity contribution < 1.29 is 14.3 Å². The number of carbonyl (C=O) groups is 2. The summed E-state index contributed by atoms with van der Waals surface area (Å²) in [5, 5.41) is 2.80. The average Bonchev–Trinajstić information content (AvgIpc) is 3.09. The summed E-state index contributed by atoms with van der Waals surface area (Å²) >= 11 is 6.61. The van der Waals surface area contributed by atoms with E-state index in [1.54, 1.807) is 6.92 Å². The first-order valence-electron chi connectivity index (χ1n) is 8.36. The monoisotopic (exact) mass is 380 g/mol. The van der Waals surface area contributed by atoms with Crippen molar-refractivity contribution in [3.63, 3.8) is 0 Å². The zero-order valence-electron chi connectivity index (χ0n) is 14.8. The van der Waals surface area contributed by atoms with E-state index in [1.807, 2.05) is 32.0 Å². The minimum atomic E-state index is -0.853. The first-order chi connectivity index (χ1) is 11.9. The Balaban J connectivity index is 1.77. The fourth-order valence-electron chi connectivity index (χ4n) is 2.58. The van der Waals surface area contributed by atoms with Gasteiger partial charge in [0.2, 0.25) is 0 Å². The number of nitrogens with one attached hydrogen (secondary N) is 1. The number of nitrogens with zero attached hydrogens (tertiary/aromatic N) is 1. The molecule has 2 rings (SSSR count). The summed E-state index contributed by atoms with van der Waals surface area (Å²) in [7, 11) is 0. The number of hydrogen-bond acceptors (Lipinski definition) is 5. The molecule has 136 valence electrons. The van der Waals surface area contributed by atoms with Crippen LogP contribution in [-0.4, -0.2) is 46.0 Å². The fraction of sp³-hybridized carbons (Fsp3) is 0.500. The van der Waals surface area contributed by atoms with Crippen molar-refractivity contribution in [1.29, 1.82) is 0 Å². The summed E-state index contributed by atoms with van der Waals surface area (Å²) in [6, 6.07) is 5.76. The molecule has 1 aromatic carbocycles. The Morgan fingerprint density at radius 1 is 1.32 bits per heavy atom. The summed E-state index contributed by atoms with van der Waals surface area (Å²) in [6.45, 7) is 7.40. The molecular formula is C18H24N2O3S2. The van der Waals surface area contributed by atoms with Gasteiger partial charge in [-0.3, -0.25) is 9.59 Å². The number of thioether (sulfide) groups is 1. The molecule has 1 N–H and O–H groups in total. The molecule has 1 saturated heterocycles. The second kappa shape index (κ2) is 9.20. The van der Waals surface area contributed by atoms with E-state index in [-0.39, 0.29) is 11.7 Å². The molecule has 0 saturated carbocycles. The molecule has 0 aromatic heterocycles. The van der Waals surface area contributed by atoms with E-state index in [0.29, 0.717) is 0 Å². The zero-order chi connectivity index (χ0) is 18.4. The van der Waals surface area contributed by atoms with Gasteiger partial charge in [-0.15, -0.1) is 0 Å². The molecule has 1 aromatic rings. The molecule has 1 heterocycles. The molecule has 7 heteroatoms. The highest BCUT2D eigenvalue weighted by atomic mass is 32.2. The Morgan fingerprint density at radius 2 is 2.00 bits per heavy atom. The molecule has 1 fully saturated rings. The van der Waals surface area contributed by atoms with Crippen molar-refractivity contribution in [2.45, 2.75) is 39.7 Å². The molecule has 1 aliphatic rings. The van der Waals surface area contributed by atoms with Crippen LogP contribution >= 0.6 is 24.0 Å². The Labute approximate surface area is 158 Å². The molecule has 0 unspecified atom stereocenters. The van der Waals surface area contributed by atoms with Gasteiger partial charge in [-0.2, -0.15) is 0 Å². The van der Waals surface area contributed by atoms with Crippen LogP contribution in [-0.2, 0) is 14.3 Å². The number of rotatable bonds is 5. The third kappa shape index (κ3) is 6.01. The number of ether oxygens (including phenoxy) is 1. The molecule has 1 atom stereocenters. The number of benzene rings is 1. The topological polar surface area (TPSA) is 58.6 Å². The summed E-state index contributed by atoms with van der Waals surface area (Å²) in [5.74, 6) is -0.654. The number of esters is 1. The van der Waals surface area contributed by atoms with Gasteiger partial charge in [0, 0.05) is 18.8 Å². The molecular weight excluding hydrogens is 356 g/mol. The molecule has 0 bridgehead atoms. The third-order valence-electron chi connectivity index (χ3n) is 3.99. The van der Waals surface area contributed by atoms with Gasteiger partial charge >= 0.3 is 5.97 Å². The Morgan fingerprint density at radius 3 is 2.64 bits per heavy atom. The van der Waals surface area contributed by atoms with E-state index >= 15 is 0 Å². The molecule has 0 radical (unpaired) electrons. The van der Waals surface area contributed by atoms with Crippen LogP contribution in [0.4, 0.5) is 5.69 Å². The van der Waals surface area contributed by atoms with Crippen molar-refractivity contribution >= 4 is 45.9 Å². The van der Waals surface area contributed by atoms with Gasteiger partial charge in [-0.05, 0) is 45.2 Å². The lowest BCUT2D eigenvalue weighted by molar-refractivity contribution is -0.150. The first-order valence-corrected chi connectivity index (χ1v) is 9.75. The molecule has 25 heavy (non-hydrogen) atoms. The Bertz CT molecular complexity index is 658. The van der Waals surface area contributed by atoms with E-state index in [1.165, 1.54) is 11.8 Å². The van der Waals surface area contributed by atoms with Crippen LogP contribution in [0.1, 0.15) is 30.9 Å². The van der Waals surface area contributed by atoms with Gasteiger partial charge in [0.1, 0.15) is 4.32 Å². The second-order valence-corrected chi connectivity index (χ2v) is 7.80. The summed E-state index contributed by atoms with van der Waals surface area (Å²) in [5.41, 5.74) is 2.82. The number of hydrogen-bond donors (Lipinski definition) is 1. The normalized spacial score (nSPS) is 14.9. The number of carbonyl (C=O) groups excluding carboxylic acids is 2. The van der Waals surface area contributed by atoms with Gasteiger partial charge in [0.25, 0.3) is 5.91 Å². The van der Waals surface area contributed by atoms with Gasteiger partial charge in [0.15, 0.2) is 6.10 Å². The van der Waals surface area contributed by atoms with Crippen LogP contribution in [0.25, 0.3) is 0 Å². The predicted molar refractivity (Wildman–Crippen MR) is 106 cm³/mol. The maximum absolute atomic E-state index is 12.2. The van der Waals surface area contributed by atoms with Crippen molar-refractivity contribution in [1.82, 2.24) is 4.90 Å². The largest absolute Gasteiger partial charge is 0.452 e. The lowest BCUT2D eigenvalue weighted by atomic mass is 10.1. The van der Waals surface area contributed by atoms with Crippen molar-refractivity contribution in [2.75, 3.05) is 24.2 Å². The van der Waals surface area contributed by atoms with Crippen molar-refractivity contribution in [3.8, 4) is 0 Å². The maximum Gasteiger partial charge on any atom is 0.317 e. The van der Waals surface area contributed by atoms with Crippen LogP contribution in [0.15, 0.2) is 18.2 Å². The Kier molecular flexibility index (Phi) is 7.25. The second-order valence-electron chi connectivity index (χ2n) is 6.19. The van der Waals surface area contributed by atoms with E-state index in [9.17, 15) is 9.59 Å². The molecule has 1 amide bonds.